The standard InChI is InChI=1S/C21H22N4O5/c1-12-16(19(26)23-13-5-3-6-14(9-13)29-2)10-17-18(22-12)25(21(28)24-20(17)27)11-15-7-4-8-30-15/h3,5-6,9-10,15H,4,7-8,11H2,1-2H3,(H,23,26)(H,24,27,28). The van der Waals surface area contributed by atoms with Crippen molar-refractivity contribution in [2.45, 2.75) is 32.4 Å². The Kier molecular flexibility index (Phi) is 5.37. The molecule has 4 rings (SSSR count). The summed E-state index contributed by atoms with van der Waals surface area (Å²) in [5.41, 5.74) is 0.336. The van der Waals surface area contributed by atoms with Crippen molar-refractivity contribution in [3.05, 3.63) is 62.4 Å². The molecule has 1 fully saturated rings. The minimum atomic E-state index is -0.582. The van der Waals surface area contributed by atoms with Crippen LogP contribution in [-0.2, 0) is 11.3 Å². The first-order valence-electron chi connectivity index (χ1n) is 9.67. The zero-order valence-corrected chi connectivity index (χ0v) is 16.7. The second-order valence-electron chi connectivity index (χ2n) is 7.18. The average molecular weight is 410 g/mol. The number of aromatic nitrogens is 3. The molecule has 1 aliphatic heterocycles. The number of amides is 1. The topological polar surface area (TPSA) is 115 Å². The lowest BCUT2D eigenvalue weighted by atomic mass is 10.1. The molecule has 3 heterocycles. The Labute approximate surface area is 171 Å². The Morgan fingerprint density at radius 2 is 2.20 bits per heavy atom. The van der Waals surface area contributed by atoms with Gasteiger partial charge < -0.3 is 14.8 Å². The number of nitrogens with one attached hydrogen (secondary N) is 2. The van der Waals surface area contributed by atoms with Gasteiger partial charge in [-0.15, -0.1) is 0 Å². The van der Waals surface area contributed by atoms with E-state index in [9.17, 15) is 14.4 Å². The number of benzene rings is 1. The molecule has 9 nitrogen and oxygen atoms in total. The maximum Gasteiger partial charge on any atom is 0.330 e. The average Bonchev–Trinajstić information content (AvgIpc) is 3.24. The molecule has 2 aromatic heterocycles. The fraction of sp³-hybridized carbons (Fsp3) is 0.333. The van der Waals surface area contributed by atoms with Gasteiger partial charge in [0, 0.05) is 18.4 Å². The third kappa shape index (κ3) is 3.84. The minimum absolute atomic E-state index is 0.102. The van der Waals surface area contributed by atoms with Crippen LogP contribution in [0.4, 0.5) is 5.69 Å². The Hall–Kier alpha value is -3.46. The lowest BCUT2D eigenvalue weighted by Gasteiger charge is -2.15. The number of methoxy groups -OCH3 is 1. The summed E-state index contributed by atoms with van der Waals surface area (Å²) in [5.74, 6) is 0.196. The van der Waals surface area contributed by atoms with Gasteiger partial charge in [0.25, 0.3) is 11.5 Å². The van der Waals surface area contributed by atoms with Crippen LogP contribution in [0.2, 0.25) is 0 Å². The highest BCUT2D eigenvalue weighted by Crippen LogP contribution is 2.20. The Bertz CT molecular complexity index is 1220. The highest BCUT2D eigenvalue weighted by molar-refractivity contribution is 6.06. The number of aromatic amines is 1. The number of H-pyrrole nitrogens is 1. The quantitative estimate of drug-likeness (QED) is 0.663. The van der Waals surface area contributed by atoms with Crippen molar-refractivity contribution >= 4 is 22.6 Å². The number of hydrogen-bond donors (Lipinski definition) is 2. The first kappa shape index (κ1) is 19.8. The molecular weight excluding hydrogens is 388 g/mol. The molecular formula is C21H22N4O5. The van der Waals surface area contributed by atoms with Gasteiger partial charge in [-0.25, -0.2) is 9.78 Å². The van der Waals surface area contributed by atoms with Crippen molar-refractivity contribution in [3.8, 4) is 5.75 Å². The van der Waals surface area contributed by atoms with Gasteiger partial charge >= 0.3 is 5.69 Å². The molecule has 0 saturated carbocycles. The number of ether oxygens (including phenoxy) is 2. The number of pyridine rings is 1. The molecule has 2 N–H and O–H groups in total. The Morgan fingerprint density at radius 3 is 2.93 bits per heavy atom. The van der Waals surface area contributed by atoms with Gasteiger partial charge in [0.15, 0.2) is 0 Å². The Morgan fingerprint density at radius 1 is 1.37 bits per heavy atom. The summed E-state index contributed by atoms with van der Waals surface area (Å²) >= 11 is 0. The van der Waals surface area contributed by atoms with Crippen LogP contribution in [-0.4, -0.2) is 40.3 Å². The number of aryl methyl sites for hydroxylation is 1. The molecule has 156 valence electrons. The number of anilines is 1. The number of hydrogen-bond acceptors (Lipinski definition) is 6. The maximum atomic E-state index is 12.8. The van der Waals surface area contributed by atoms with E-state index in [2.05, 4.69) is 15.3 Å². The molecule has 1 aliphatic rings. The van der Waals surface area contributed by atoms with E-state index in [1.807, 2.05) is 0 Å². The molecule has 3 aromatic rings. The summed E-state index contributed by atoms with van der Waals surface area (Å²) in [6.07, 6.45) is 1.67. The van der Waals surface area contributed by atoms with E-state index in [-0.39, 0.29) is 22.7 Å². The van der Waals surface area contributed by atoms with Crippen LogP contribution < -0.4 is 21.3 Å². The smallest absolute Gasteiger partial charge is 0.330 e. The van der Waals surface area contributed by atoms with Gasteiger partial charge in [-0.05, 0) is 38.0 Å². The second-order valence-corrected chi connectivity index (χ2v) is 7.18. The first-order valence-corrected chi connectivity index (χ1v) is 9.67. The molecule has 0 bridgehead atoms. The van der Waals surface area contributed by atoms with Crippen LogP contribution >= 0.6 is 0 Å². The first-order chi connectivity index (χ1) is 14.5. The zero-order chi connectivity index (χ0) is 21.3. The van der Waals surface area contributed by atoms with Crippen LogP contribution in [0, 0.1) is 6.92 Å². The van der Waals surface area contributed by atoms with E-state index >= 15 is 0 Å². The molecule has 0 spiro atoms. The largest absolute Gasteiger partial charge is 0.497 e. The van der Waals surface area contributed by atoms with E-state index in [1.54, 1.807) is 38.3 Å². The number of rotatable bonds is 5. The van der Waals surface area contributed by atoms with Crippen molar-refractivity contribution < 1.29 is 14.3 Å². The lowest BCUT2D eigenvalue weighted by molar-refractivity contribution is 0.0967. The van der Waals surface area contributed by atoms with Crippen LogP contribution in [0.5, 0.6) is 5.75 Å². The molecule has 1 amide bonds. The van der Waals surface area contributed by atoms with Crippen LogP contribution in [0.3, 0.4) is 0 Å². The highest BCUT2D eigenvalue weighted by atomic mass is 16.5. The summed E-state index contributed by atoms with van der Waals surface area (Å²) in [6.45, 7) is 2.62. The van der Waals surface area contributed by atoms with E-state index in [1.165, 1.54) is 10.6 Å². The second kappa shape index (κ2) is 8.11. The van der Waals surface area contributed by atoms with Crippen molar-refractivity contribution in [2.75, 3.05) is 19.0 Å². The maximum absolute atomic E-state index is 12.8. The normalized spacial score (nSPS) is 16.0. The third-order valence-electron chi connectivity index (χ3n) is 5.14. The lowest BCUT2D eigenvalue weighted by Crippen LogP contribution is -2.34. The zero-order valence-electron chi connectivity index (χ0n) is 16.7. The SMILES string of the molecule is COc1cccc(NC(=O)c2cc3c(=O)[nH]c(=O)n(CC4CCCO4)c3nc2C)c1. The van der Waals surface area contributed by atoms with E-state index in [0.717, 1.165) is 12.8 Å². The van der Waals surface area contributed by atoms with Gasteiger partial charge in [-0.1, -0.05) is 6.07 Å². The van der Waals surface area contributed by atoms with Crippen LogP contribution in [0.25, 0.3) is 11.0 Å². The highest BCUT2D eigenvalue weighted by Gasteiger charge is 2.21. The fourth-order valence-electron chi connectivity index (χ4n) is 3.58. The fourth-order valence-corrected chi connectivity index (χ4v) is 3.58. The molecule has 1 aromatic carbocycles. The van der Waals surface area contributed by atoms with E-state index in [0.29, 0.717) is 30.3 Å². The molecule has 0 aliphatic carbocycles. The molecule has 1 atom stereocenters. The van der Waals surface area contributed by atoms with Crippen LogP contribution in [0.15, 0.2) is 39.9 Å². The van der Waals surface area contributed by atoms with Gasteiger partial charge in [0.2, 0.25) is 0 Å². The molecule has 30 heavy (non-hydrogen) atoms. The molecule has 1 unspecified atom stereocenters. The van der Waals surface area contributed by atoms with Crippen molar-refractivity contribution in [3.63, 3.8) is 0 Å². The summed E-state index contributed by atoms with van der Waals surface area (Å²) in [5, 5.41) is 2.96. The van der Waals surface area contributed by atoms with Crippen molar-refractivity contribution in [1.82, 2.24) is 14.5 Å². The van der Waals surface area contributed by atoms with Gasteiger partial charge in [-0.3, -0.25) is 19.1 Å². The number of nitrogens with zero attached hydrogens (tertiary/aromatic N) is 2. The minimum Gasteiger partial charge on any atom is -0.497 e. The predicted octanol–water partition coefficient (Wildman–Crippen LogP) is 1.83. The van der Waals surface area contributed by atoms with Gasteiger partial charge in [-0.2, -0.15) is 0 Å². The summed E-state index contributed by atoms with van der Waals surface area (Å²) < 4.78 is 12.2. The van der Waals surface area contributed by atoms with E-state index in [4.69, 9.17) is 9.47 Å². The summed E-state index contributed by atoms with van der Waals surface area (Å²) in [4.78, 5) is 44.4. The summed E-state index contributed by atoms with van der Waals surface area (Å²) in [7, 11) is 1.54. The van der Waals surface area contributed by atoms with Crippen molar-refractivity contribution in [1.29, 1.82) is 0 Å². The van der Waals surface area contributed by atoms with Crippen molar-refractivity contribution in [2.24, 2.45) is 0 Å². The van der Waals surface area contributed by atoms with Gasteiger partial charge in [0.05, 0.1) is 36.4 Å². The third-order valence-corrected chi connectivity index (χ3v) is 5.14. The molecule has 0 radical (unpaired) electrons. The molecule has 1 saturated heterocycles. The Balaban J connectivity index is 1.73. The number of fused-ring (bicyclic) bond motifs is 1. The summed E-state index contributed by atoms with van der Waals surface area (Å²) in [6, 6.07) is 8.42. The van der Waals surface area contributed by atoms with E-state index < -0.39 is 17.2 Å². The van der Waals surface area contributed by atoms with Crippen LogP contribution in [0.1, 0.15) is 28.9 Å². The number of carbonyl (C=O) groups excluding carboxylic acids is 1. The monoisotopic (exact) mass is 410 g/mol. The predicted molar refractivity (Wildman–Crippen MR) is 111 cm³/mol. The number of carbonyl (C=O) groups is 1. The van der Waals surface area contributed by atoms with Gasteiger partial charge in [0.1, 0.15) is 11.4 Å². The molecule has 9 heteroatoms.